The molecule has 0 radical (unpaired) electrons. The standard InChI is InChI=1S/C13H24N4O.C3H8.CH5N.CH2O/c14-8-13(18)11-17-6-4-16(5-7-17)10-12-2-1-3-15-9-12;1-3-2;2*1-2/h2,9,13,18H,1,3-8,10-11,14H2;3H2,1-2H3;2H2,1H3;1H2. The molecule has 1 saturated heterocycles. The van der Waals surface area contributed by atoms with Gasteiger partial charge in [0.1, 0.15) is 6.79 Å². The van der Waals surface area contributed by atoms with Crippen molar-refractivity contribution in [1.29, 1.82) is 0 Å². The topological polar surface area (TPSA) is 108 Å². The second kappa shape index (κ2) is 19.2. The second-order valence-electron chi connectivity index (χ2n) is 5.78. The van der Waals surface area contributed by atoms with Crippen LogP contribution in [-0.4, -0.2) is 93.4 Å². The summed E-state index contributed by atoms with van der Waals surface area (Å²) >= 11 is 0. The molecular formula is C18H39N5O2. The SMILES string of the molecule is C=O.CCC.CN.NCC(O)CN1CCN(CC2=CCCN=C2)CC1. The lowest BCUT2D eigenvalue weighted by atomic mass is 10.1. The number of carbonyl (C=O) groups excluding carboxylic acids is 1. The minimum atomic E-state index is -0.385. The molecule has 0 amide bonds. The van der Waals surface area contributed by atoms with E-state index in [1.54, 1.807) is 0 Å². The van der Waals surface area contributed by atoms with E-state index in [1.807, 2.05) is 13.0 Å². The van der Waals surface area contributed by atoms with Crippen molar-refractivity contribution in [3.63, 3.8) is 0 Å². The lowest BCUT2D eigenvalue weighted by Gasteiger charge is -2.35. The van der Waals surface area contributed by atoms with E-state index in [-0.39, 0.29) is 6.10 Å². The maximum absolute atomic E-state index is 9.53. The van der Waals surface area contributed by atoms with Gasteiger partial charge < -0.3 is 21.4 Å². The molecule has 2 heterocycles. The van der Waals surface area contributed by atoms with Crippen molar-refractivity contribution in [2.24, 2.45) is 16.5 Å². The van der Waals surface area contributed by atoms with E-state index in [9.17, 15) is 5.11 Å². The van der Waals surface area contributed by atoms with Gasteiger partial charge in [0.2, 0.25) is 0 Å². The number of dihydropyridines is 1. The van der Waals surface area contributed by atoms with Gasteiger partial charge in [-0.1, -0.05) is 26.3 Å². The second-order valence-corrected chi connectivity index (χ2v) is 5.78. The van der Waals surface area contributed by atoms with Crippen molar-refractivity contribution in [1.82, 2.24) is 9.80 Å². The highest BCUT2D eigenvalue weighted by Gasteiger charge is 2.19. The molecule has 2 aliphatic heterocycles. The molecule has 5 N–H and O–H groups in total. The summed E-state index contributed by atoms with van der Waals surface area (Å²) in [7, 11) is 1.50. The monoisotopic (exact) mass is 357 g/mol. The van der Waals surface area contributed by atoms with E-state index in [4.69, 9.17) is 10.5 Å². The average molecular weight is 358 g/mol. The minimum absolute atomic E-state index is 0.351. The Balaban J connectivity index is 0. The van der Waals surface area contributed by atoms with Crippen molar-refractivity contribution < 1.29 is 9.90 Å². The molecule has 7 heteroatoms. The molecule has 1 fully saturated rings. The fourth-order valence-corrected chi connectivity index (χ4v) is 2.43. The number of rotatable bonds is 5. The van der Waals surface area contributed by atoms with E-state index < -0.39 is 0 Å². The number of piperazine rings is 1. The molecule has 0 saturated carbocycles. The molecule has 0 aromatic heterocycles. The highest BCUT2D eigenvalue weighted by molar-refractivity contribution is 5.79. The van der Waals surface area contributed by atoms with E-state index in [0.29, 0.717) is 13.1 Å². The summed E-state index contributed by atoms with van der Waals surface area (Å²) in [6, 6.07) is 0. The van der Waals surface area contributed by atoms with E-state index in [2.05, 4.69) is 40.4 Å². The largest absolute Gasteiger partial charge is 0.390 e. The number of hydrogen-bond acceptors (Lipinski definition) is 7. The highest BCUT2D eigenvalue weighted by atomic mass is 16.3. The van der Waals surface area contributed by atoms with Gasteiger partial charge >= 0.3 is 0 Å². The van der Waals surface area contributed by atoms with Crippen molar-refractivity contribution in [2.45, 2.75) is 32.8 Å². The number of aliphatic hydroxyl groups is 1. The van der Waals surface area contributed by atoms with Crippen LogP contribution >= 0.6 is 0 Å². The normalized spacial score (nSPS) is 18.4. The fraction of sp³-hybridized carbons (Fsp3) is 0.778. The fourth-order valence-electron chi connectivity index (χ4n) is 2.43. The Morgan fingerprint density at radius 3 is 2.16 bits per heavy atom. The van der Waals surface area contributed by atoms with Gasteiger partial charge in [0.25, 0.3) is 0 Å². The molecule has 1 unspecified atom stereocenters. The molecule has 148 valence electrons. The quantitative estimate of drug-likeness (QED) is 0.645. The van der Waals surface area contributed by atoms with Crippen LogP contribution in [0, 0.1) is 0 Å². The number of nitrogens with two attached hydrogens (primary N) is 2. The predicted octanol–water partition coefficient (Wildman–Crippen LogP) is 0.131. The van der Waals surface area contributed by atoms with Gasteiger partial charge in [-0.15, -0.1) is 0 Å². The average Bonchev–Trinajstić information content (AvgIpc) is 2.68. The van der Waals surface area contributed by atoms with Gasteiger partial charge in [0, 0.05) is 58.6 Å². The van der Waals surface area contributed by atoms with Gasteiger partial charge in [-0.3, -0.25) is 14.8 Å². The maximum atomic E-state index is 9.53. The lowest BCUT2D eigenvalue weighted by Crippen LogP contribution is -2.49. The summed E-state index contributed by atoms with van der Waals surface area (Å²) in [5.74, 6) is 0. The van der Waals surface area contributed by atoms with Crippen LogP contribution in [0.25, 0.3) is 0 Å². The Kier molecular flexibility index (Phi) is 20.1. The first-order valence-corrected chi connectivity index (χ1v) is 9.07. The number of hydrogen-bond donors (Lipinski definition) is 3. The third-order valence-electron chi connectivity index (χ3n) is 3.53. The van der Waals surface area contributed by atoms with Crippen LogP contribution in [0.3, 0.4) is 0 Å². The summed E-state index contributed by atoms with van der Waals surface area (Å²) in [6.45, 7) is 13.4. The molecule has 7 nitrogen and oxygen atoms in total. The molecule has 25 heavy (non-hydrogen) atoms. The molecule has 0 aromatic rings. The predicted molar refractivity (Wildman–Crippen MR) is 107 cm³/mol. The van der Waals surface area contributed by atoms with E-state index >= 15 is 0 Å². The van der Waals surface area contributed by atoms with E-state index in [0.717, 1.165) is 45.7 Å². The Morgan fingerprint density at radius 2 is 1.72 bits per heavy atom. The van der Waals surface area contributed by atoms with Gasteiger partial charge in [-0.25, -0.2) is 0 Å². The molecule has 0 aromatic carbocycles. The Morgan fingerprint density at radius 1 is 1.20 bits per heavy atom. The van der Waals surface area contributed by atoms with Gasteiger partial charge in [-0.05, 0) is 19.0 Å². The molecule has 2 aliphatic rings. The van der Waals surface area contributed by atoms with Gasteiger partial charge in [0.05, 0.1) is 6.10 Å². The first-order valence-electron chi connectivity index (χ1n) is 9.07. The number of aliphatic hydroxyl groups excluding tert-OH is 1. The highest BCUT2D eigenvalue weighted by Crippen LogP contribution is 2.07. The smallest absolute Gasteiger partial charge is 0.106 e. The van der Waals surface area contributed by atoms with Crippen LogP contribution in [0.15, 0.2) is 16.6 Å². The number of aliphatic imine (C=N–C) groups is 1. The van der Waals surface area contributed by atoms with Gasteiger partial charge in [-0.2, -0.15) is 0 Å². The molecule has 1 atom stereocenters. The number of β-amino-alcohol motifs (C(OH)–C–C–N with tert-alkyl or cyclic N) is 1. The van der Waals surface area contributed by atoms with Crippen molar-refractivity contribution >= 4 is 13.0 Å². The third-order valence-corrected chi connectivity index (χ3v) is 3.53. The van der Waals surface area contributed by atoms with Crippen LogP contribution in [0.5, 0.6) is 0 Å². The first-order chi connectivity index (χ1) is 12.2. The lowest BCUT2D eigenvalue weighted by molar-refractivity contribution is -0.0979. The van der Waals surface area contributed by atoms with Crippen LogP contribution in [0.4, 0.5) is 0 Å². The molecular weight excluding hydrogens is 318 g/mol. The Hall–Kier alpha value is -1.12. The van der Waals surface area contributed by atoms with Crippen molar-refractivity contribution in [2.75, 3.05) is 59.4 Å². The van der Waals surface area contributed by atoms with Crippen molar-refractivity contribution in [3.05, 3.63) is 11.6 Å². The summed E-state index contributed by atoms with van der Waals surface area (Å²) in [4.78, 5) is 17.1. The first kappa shape index (κ1) is 26.1. The molecule has 0 spiro atoms. The third kappa shape index (κ3) is 13.8. The Bertz CT molecular complexity index is 342. The van der Waals surface area contributed by atoms with Crippen molar-refractivity contribution in [3.8, 4) is 0 Å². The van der Waals surface area contributed by atoms with Gasteiger partial charge in [0.15, 0.2) is 0 Å². The zero-order chi connectivity index (χ0) is 19.5. The number of nitrogens with zero attached hydrogens (tertiary/aromatic N) is 3. The molecule has 0 bridgehead atoms. The van der Waals surface area contributed by atoms with Crippen LogP contribution in [0.1, 0.15) is 26.7 Å². The van der Waals surface area contributed by atoms with E-state index in [1.165, 1.54) is 19.0 Å². The van der Waals surface area contributed by atoms with Crippen LogP contribution in [-0.2, 0) is 4.79 Å². The molecule has 0 aliphatic carbocycles. The Labute approximate surface area is 153 Å². The minimum Gasteiger partial charge on any atom is -0.390 e. The number of carbonyl (C=O) groups is 1. The summed E-state index contributed by atoms with van der Waals surface area (Å²) < 4.78 is 0. The summed E-state index contributed by atoms with van der Waals surface area (Å²) in [5.41, 5.74) is 11.3. The zero-order valence-electron chi connectivity index (χ0n) is 16.4. The van der Waals surface area contributed by atoms with Crippen LogP contribution in [0.2, 0.25) is 0 Å². The zero-order valence-corrected chi connectivity index (χ0v) is 16.4. The van der Waals surface area contributed by atoms with Crippen LogP contribution < -0.4 is 11.5 Å². The maximum Gasteiger partial charge on any atom is 0.106 e. The summed E-state index contributed by atoms with van der Waals surface area (Å²) in [5, 5.41) is 9.53. The molecule has 2 rings (SSSR count). The summed E-state index contributed by atoms with van der Waals surface area (Å²) in [6.07, 6.45) is 6.24.